The van der Waals surface area contributed by atoms with Gasteiger partial charge in [0.15, 0.2) is 0 Å². The van der Waals surface area contributed by atoms with Crippen LogP contribution >= 0.6 is 0 Å². The Morgan fingerprint density at radius 3 is 2.18 bits per heavy atom. The number of hydrogen-bond acceptors (Lipinski definition) is 4. The molecule has 0 amide bonds. The number of rotatable bonds is 6. The highest BCUT2D eigenvalue weighted by molar-refractivity contribution is 6.11. The fourth-order valence-corrected chi connectivity index (χ4v) is 3.85. The average Bonchev–Trinajstić information content (AvgIpc) is 3.32. The largest absolute Gasteiger partial charge is 0.490 e. The lowest BCUT2D eigenvalue weighted by Gasteiger charge is -2.21. The van der Waals surface area contributed by atoms with Gasteiger partial charge < -0.3 is 14.8 Å². The molecular formula is C24H20F6N2O2. The number of nitrogens with zero attached hydrogens (tertiary/aromatic N) is 1. The van der Waals surface area contributed by atoms with Gasteiger partial charge in [0, 0.05) is 19.2 Å². The van der Waals surface area contributed by atoms with Crippen LogP contribution < -0.4 is 10.1 Å². The van der Waals surface area contributed by atoms with Crippen LogP contribution in [0.3, 0.4) is 0 Å². The number of alkyl halides is 6. The van der Waals surface area contributed by atoms with Crippen LogP contribution in [0.2, 0.25) is 0 Å². The highest BCUT2D eigenvalue weighted by atomic mass is 19.4. The van der Waals surface area contributed by atoms with Crippen molar-refractivity contribution < 1.29 is 35.8 Å². The Kier molecular flexibility index (Phi) is 6.44. The zero-order chi connectivity index (χ0) is 24.5. The van der Waals surface area contributed by atoms with Crippen LogP contribution in [0.4, 0.5) is 26.3 Å². The molecule has 3 aromatic rings. The lowest BCUT2D eigenvalue weighted by atomic mass is 9.91. The molecular weight excluding hydrogens is 462 g/mol. The van der Waals surface area contributed by atoms with Gasteiger partial charge >= 0.3 is 12.4 Å². The molecule has 3 aromatic carbocycles. The van der Waals surface area contributed by atoms with E-state index in [1.165, 1.54) is 7.11 Å². The first-order valence-corrected chi connectivity index (χ1v) is 10.4. The second-order valence-corrected chi connectivity index (χ2v) is 7.64. The molecule has 0 aromatic heterocycles. The number of hydrogen-bond donors (Lipinski definition) is 1. The number of ether oxygens (including phenoxy) is 2. The minimum atomic E-state index is -4.97. The Hall–Kier alpha value is -3.27. The van der Waals surface area contributed by atoms with Gasteiger partial charge in [-0.25, -0.2) is 0 Å². The van der Waals surface area contributed by atoms with Gasteiger partial charge in [-0.2, -0.15) is 26.3 Å². The van der Waals surface area contributed by atoms with Crippen LogP contribution in [0.1, 0.15) is 16.7 Å². The standard InChI is InChI=1S/C24H20F6N2O2/c1-33-8-9-34-21-19(22-31-6-7-32-22)12-14-4-2-3-5-18(14)20(21)15-10-16(23(25,26)27)13-17(11-15)24(28,29)30/h2-5,10-13H,6-9H2,1H3,(H,31,32). The summed E-state index contributed by atoms with van der Waals surface area (Å²) >= 11 is 0. The maximum atomic E-state index is 13.6. The summed E-state index contributed by atoms with van der Waals surface area (Å²) in [5, 5.41) is 4.17. The van der Waals surface area contributed by atoms with Gasteiger partial charge in [-0.05, 0) is 40.6 Å². The molecule has 0 saturated carbocycles. The van der Waals surface area contributed by atoms with Gasteiger partial charge in [-0.1, -0.05) is 24.3 Å². The molecule has 0 atom stereocenters. The quantitative estimate of drug-likeness (QED) is 0.351. The maximum absolute atomic E-state index is 13.6. The van der Waals surface area contributed by atoms with Crippen LogP contribution in [-0.4, -0.2) is 39.2 Å². The SMILES string of the molecule is COCCOc1c(C2=NCCN2)cc2ccccc2c1-c1cc(C(F)(F)F)cc(C(F)(F)F)c1. The summed E-state index contributed by atoms with van der Waals surface area (Å²) < 4.78 is 92.5. The van der Waals surface area contributed by atoms with E-state index in [1.54, 1.807) is 30.3 Å². The van der Waals surface area contributed by atoms with E-state index >= 15 is 0 Å². The van der Waals surface area contributed by atoms with Crippen molar-refractivity contribution in [2.45, 2.75) is 12.4 Å². The lowest BCUT2D eigenvalue weighted by molar-refractivity contribution is -0.143. The number of aliphatic imine (C=N–C) groups is 1. The predicted molar refractivity (Wildman–Crippen MR) is 116 cm³/mol. The van der Waals surface area contributed by atoms with Gasteiger partial charge in [0.2, 0.25) is 0 Å². The summed E-state index contributed by atoms with van der Waals surface area (Å²) in [5.74, 6) is 0.596. The number of halogens is 6. The van der Waals surface area contributed by atoms with Gasteiger partial charge in [-0.15, -0.1) is 0 Å². The number of fused-ring (bicyclic) bond motifs is 1. The summed E-state index contributed by atoms with van der Waals surface area (Å²) in [5.41, 5.74) is -2.48. The third-order valence-electron chi connectivity index (χ3n) is 5.34. The van der Waals surface area contributed by atoms with Crippen molar-refractivity contribution in [2.75, 3.05) is 33.4 Å². The van der Waals surface area contributed by atoms with Crippen LogP contribution in [0, 0.1) is 0 Å². The minimum absolute atomic E-state index is 0.0349. The van der Waals surface area contributed by atoms with Crippen LogP contribution in [0.5, 0.6) is 5.75 Å². The van der Waals surface area contributed by atoms with Crippen molar-refractivity contribution in [3.63, 3.8) is 0 Å². The molecule has 180 valence electrons. The zero-order valence-corrected chi connectivity index (χ0v) is 18.0. The van der Waals surface area contributed by atoms with Crippen LogP contribution in [0.15, 0.2) is 53.5 Å². The number of nitrogens with one attached hydrogen (secondary N) is 1. The van der Waals surface area contributed by atoms with E-state index in [2.05, 4.69) is 10.3 Å². The normalized spacial score (nSPS) is 14.3. The first-order valence-electron chi connectivity index (χ1n) is 10.4. The smallest absolute Gasteiger partial charge is 0.416 e. The Balaban J connectivity index is 2.07. The highest BCUT2D eigenvalue weighted by Gasteiger charge is 2.37. The van der Waals surface area contributed by atoms with Crippen molar-refractivity contribution in [1.82, 2.24) is 5.32 Å². The van der Waals surface area contributed by atoms with E-state index in [0.29, 0.717) is 47.4 Å². The molecule has 1 aliphatic heterocycles. The first kappa shape index (κ1) is 23.9. The molecule has 0 fully saturated rings. The van der Waals surface area contributed by atoms with Crippen molar-refractivity contribution in [2.24, 2.45) is 4.99 Å². The molecule has 0 radical (unpaired) electrons. The highest BCUT2D eigenvalue weighted by Crippen LogP contribution is 2.44. The fraction of sp³-hybridized carbons (Fsp3) is 0.292. The molecule has 34 heavy (non-hydrogen) atoms. The summed E-state index contributed by atoms with van der Waals surface area (Å²) in [6, 6.07) is 10.1. The van der Waals surface area contributed by atoms with E-state index < -0.39 is 23.5 Å². The summed E-state index contributed by atoms with van der Waals surface area (Å²) in [4.78, 5) is 4.38. The van der Waals surface area contributed by atoms with Crippen molar-refractivity contribution >= 4 is 16.6 Å². The summed E-state index contributed by atoms with van der Waals surface area (Å²) in [7, 11) is 1.45. The summed E-state index contributed by atoms with van der Waals surface area (Å²) in [6.07, 6.45) is -9.95. The number of methoxy groups -OCH3 is 1. The molecule has 10 heteroatoms. The monoisotopic (exact) mass is 482 g/mol. The second-order valence-electron chi connectivity index (χ2n) is 7.64. The van der Waals surface area contributed by atoms with E-state index in [1.807, 2.05) is 0 Å². The fourth-order valence-electron chi connectivity index (χ4n) is 3.85. The van der Waals surface area contributed by atoms with Crippen LogP contribution in [-0.2, 0) is 17.1 Å². The third kappa shape index (κ3) is 4.82. The number of benzene rings is 3. The molecule has 0 bridgehead atoms. The van der Waals surface area contributed by atoms with Crippen molar-refractivity contribution in [3.8, 4) is 16.9 Å². The maximum Gasteiger partial charge on any atom is 0.416 e. The second kappa shape index (κ2) is 9.17. The van der Waals surface area contributed by atoms with Gasteiger partial charge in [-0.3, -0.25) is 4.99 Å². The molecule has 0 spiro atoms. The molecule has 4 nitrogen and oxygen atoms in total. The predicted octanol–water partition coefficient (Wildman–Crippen LogP) is 5.92. The van der Waals surface area contributed by atoms with Gasteiger partial charge in [0.25, 0.3) is 0 Å². The van der Waals surface area contributed by atoms with E-state index in [4.69, 9.17) is 9.47 Å². The molecule has 1 N–H and O–H groups in total. The Morgan fingerprint density at radius 2 is 1.59 bits per heavy atom. The van der Waals surface area contributed by atoms with Crippen molar-refractivity contribution in [1.29, 1.82) is 0 Å². The number of amidine groups is 1. The zero-order valence-electron chi connectivity index (χ0n) is 18.0. The van der Waals surface area contributed by atoms with E-state index in [9.17, 15) is 26.3 Å². The Bertz CT molecular complexity index is 1200. The molecule has 4 rings (SSSR count). The molecule has 1 heterocycles. The Morgan fingerprint density at radius 1 is 0.912 bits per heavy atom. The topological polar surface area (TPSA) is 42.9 Å². The summed E-state index contributed by atoms with van der Waals surface area (Å²) in [6.45, 7) is 1.24. The minimum Gasteiger partial charge on any atom is -0.490 e. The van der Waals surface area contributed by atoms with Crippen LogP contribution in [0.25, 0.3) is 21.9 Å². The molecule has 1 aliphatic rings. The lowest BCUT2D eigenvalue weighted by Crippen LogP contribution is -2.21. The van der Waals surface area contributed by atoms with E-state index in [-0.39, 0.29) is 36.2 Å². The molecule has 0 unspecified atom stereocenters. The Labute approximate surface area is 191 Å². The van der Waals surface area contributed by atoms with Gasteiger partial charge in [0.1, 0.15) is 18.2 Å². The van der Waals surface area contributed by atoms with Crippen molar-refractivity contribution in [3.05, 3.63) is 65.2 Å². The first-order chi connectivity index (χ1) is 16.1. The molecule has 0 aliphatic carbocycles. The average molecular weight is 482 g/mol. The third-order valence-corrected chi connectivity index (χ3v) is 5.34. The van der Waals surface area contributed by atoms with Gasteiger partial charge in [0.05, 0.1) is 29.8 Å². The van der Waals surface area contributed by atoms with E-state index in [0.717, 1.165) is 0 Å². The molecule has 0 saturated heterocycles.